The molecular weight excluding hydrogens is 317 g/mol. The van der Waals surface area contributed by atoms with E-state index in [1.807, 2.05) is 29.0 Å². The molecule has 3 rings (SSSR count). The van der Waals surface area contributed by atoms with Gasteiger partial charge in [0.05, 0.1) is 12.1 Å². The van der Waals surface area contributed by atoms with Gasteiger partial charge in [-0.05, 0) is 42.8 Å². The Labute approximate surface area is 138 Å². The molecule has 0 N–H and O–H groups in total. The van der Waals surface area contributed by atoms with Gasteiger partial charge in [-0.25, -0.2) is 9.18 Å². The quantitative estimate of drug-likeness (QED) is 0.651. The monoisotopic (exact) mass is 331 g/mol. The molecule has 0 aliphatic rings. The largest absolute Gasteiger partial charge is 0.462 e. The minimum absolute atomic E-state index is 0.0247. The highest BCUT2D eigenvalue weighted by atomic mass is 35.5. The summed E-state index contributed by atoms with van der Waals surface area (Å²) in [7, 11) is 0. The van der Waals surface area contributed by atoms with Crippen LogP contribution in [0.3, 0.4) is 0 Å². The summed E-state index contributed by atoms with van der Waals surface area (Å²) in [5.74, 6) is -1.22. The molecule has 23 heavy (non-hydrogen) atoms. The molecule has 0 saturated carbocycles. The van der Waals surface area contributed by atoms with Crippen molar-refractivity contribution < 1.29 is 13.9 Å². The zero-order valence-electron chi connectivity index (χ0n) is 12.6. The van der Waals surface area contributed by atoms with E-state index in [4.69, 9.17) is 16.3 Å². The van der Waals surface area contributed by atoms with Crippen molar-refractivity contribution in [3.8, 4) is 0 Å². The van der Waals surface area contributed by atoms with E-state index < -0.39 is 11.8 Å². The highest BCUT2D eigenvalue weighted by molar-refractivity contribution is 6.30. The van der Waals surface area contributed by atoms with Gasteiger partial charge in [0.2, 0.25) is 0 Å². The van der Waals surface area contributed by atoms with E-state index in [0.29, 0.717) is 17.1 Å². The maximum absolute atomic E-state index is 14.2. The second-order valence-electron chi connectivity index (χ2n) is 5.15. The number of hydrogen-bond acceptors (Lipinski definition) is 2. The minimum atomic E-state index is -0.647. The molecule has 0 unspecified atom stereocenters. The Hall–Kier alpha value is -2.33. The first-order valence-electron chi connectivity index (χ1n) is 7.29. The molecule has 0 amide bonds. The van der Waals surface area contributed by atoms with Gasteiger partial charge in [0.1, 0.15) is 11.4 Å². The fraction of sp³-hybridized carbons (Fsp3) is 0.167. The summed E-state index contributed by atoms with van der Waals surface area (Å²) in [6.07, 6.45) is 1.83. The molecule has 0 atom stereocenters. The summed E-state index contributed by atoms with van der Waals surface area (Å²) in [5, 5.41) is 1.45. The number of nitrogens with zero attached hydrogens (tertiary/aromatic N) is 1. The van der Waals surface area contributed by atoms with Gasteiger partial charge in [-0.1, -0.05) is 23.7 Å². The molecule has 5 heteroatoms. The van der Waals surface area contributed by atoms with E-state index in [-0.39, 0.29) is 12.2 Å². The zero-order valence-corrected chi connectivity index (χ0v) is 13.3. The fourth-order valence-corrected chi connectivity index (χ4v) is 2.71. The lowest BCUT2D eigenvalue weighted by Gasteiger charge is -2.10. The Balaban J connectivity index is 2.09. The molecule has 0 aliphatic carbocycles. The average molecular weight is 332 g/mol. The van der Waals surface area contributed by atoms with Crippen LogP contribution < -0.4 is 0 Å². The second kappa shape index (κ2) is 6.42. The fourth-order valence-electron chi connectivity index (χ4n) is 2.59. The van der Waals surface area contributed by atoms with Crippen molar-refractivity contribution in [3.63, 3.8) is 0 Å². The minimum Gasteiger partial charge on any atom is -0.462 e. The van der Waals surface area contributed by atoms with Gasteiger partial charge < -0.3 is 9.30 Å². The molecule has 0 spiro atoms. The van der Waals surface area contributed by atoms with Crippen molar-refractivity contribution in [2.45, 2.75) is 13.5 Å². The normalized spacial score (nSPS) is 10.9. The van der Waals surface area contributed by atoms with Crippen molar-refractivity contribution in [1.82, 2.24) is 4.57 Å². The van der Waals surface area contributed by atoms with Crippen LogP contribution in [-0.2, 0) is 11.3 Å². The lowest BCUT2D eigenvalue weighted by Crippen LogP contribution is -2.10. The number of carbonyl (C=O) groups excluding carboxylic acids is 1. The van der Waals surface area contributed by atoms with Gasteiger partial charge in [0, 0.05) is 23.2 Å². The molecule has 3 nitrogen and oxygen atoms in total. The maximum atomic E-state index is 14.2. The SMILES string of the molecule is CCOC(=O)c1c(F)ccc2ccn(Cc3ccc(Cl)cc3)c12. The number of aromatic nitrogens is 1. The van der Waals surface area contributed by atoms with Crippen molar-refractivity contribution in [2.24, 2.45) is 0 Å². The Morgan fingerprint density at radius 3 is 2.61 bits per heavy atom. The van der Waals surface area contributed by atoms with Crippen molar-refractivity contribution in [3.05, 3.63) is 70.6 Å². The molecule has 0 fully saturated rings. The van der Waals surface area contributed by atoms with Crippen LogP contribution in [0.2, 0.25) is 5.02 Å². The lowest BCUT2D eigenvalue weighted by atomic mass is 10.1. The first kappa shape index (κ1) is 15.6. The molecule has 0 bridgehead atoms. The molecule has 0 saturated heterocycles. The molecule has 1 heterocycles. The average Bonchev–Trinajstić information content (AvgIpc) is 2.92. The van der Waals surface area contributed by atoms with Gasteiger partial charge in [0.25, 0.3) is 0 Å². The summed E-state index contributed by atoms with van der Waals surface area (Å²) in [4.78, 5) is 12.1. The van der Waals surface area contributed by atoms with E-state index in [9.17, 15) is 9.18 Å². The van der Waals surface area contributed by atoms with E-state index in [2.05, 4.69) is 0 Å². The zero-order chi connectivity index (χ0) is 16.4. The number of rotatable bonds is 4. The van der Waals surface area contributed by atoms with Crippen LogP contribution in [-0.4, -0.2) is 17.1 Å². The Bertz CT molecular complexity index is 855. The van der Waals surface area contributed by atoms with E-state index in [0.717, 1.165) is 10.9 Å². The van der Waals surface area contributed by atoms with E-state index in [1.54, 1.807) is 25.1 Å². The smallest absolute Gasteiger partial charge is 0.343 e. The van der Waals surface area contributed by atoms with Crippen LogP contribution in [0.1, 0.15) is 22.8 Å². The molecule has 0 aliphatic heterocycles. The lowest BCUT2D eigenvalue weighted by molar-refractivity contribution is 0.0523. The van der Waals surface area contributed by atoms with E-state index >= 15 is 0 Å². The molecule has 118 valence electrons. The van der Waals surface area contributed by atoms with Crippen LogP contribution >= 0.6 is 11.6 Å². The highest BCUT2D eigenvalue weighted by Gasteiger charge is 2.20. The number of fused-ring (bicyclic) bond motifs is 1. The number of halogens is 2. The third kappa shape index (κ3) is 3.08. The predicted octanol–water partition coefficient (Wildman–Crippen LogP) is 4.66. The van der Waals surface area contributed by atoms with Crippen LogP contribution in [0, 0.1) is 5.82 Å². The first-order valence-corrected chi connectivity index (χ1v) is 7.67. The first-order chi connectivity index (χ1) is 11.1. The van der Waals surface area contributed by atoms with Crippen LogP contribution in [0.15, 0.2) is 48.7 Å². The molecule has 3 aromatic rings. The van der Waals surface area contributed by atoms with Crippen LogP contribution in [0.5, 0.6) is 0 Å². The summed E-state index contributed by atoms with van der Waals surface area (Å²) >= 11 is 5.89. The molecular formula is C18H15ClFNO2. The van der Waals surface area contributed by atoms with Crippen molar-refractivity contribution >= 4 is 28.5 Å². The highest BCUT2D eigenvalue weighted by Crippen LogP contribution is 2.25. The second-order valence-corrected chi connectivity index (χ2v) is 5.59. The Morgan fingerprint density at radius 2 is 1.91 bits per heavy atom. The van der Waals surface area contributed by atoms with Crippen molar-refractivity contribution in [1.29, 1.82) is 0 Å². The standard InChI is InChI=1S/C18H15ClFNO2/c1-2-23-18(22)16-15(20)8-5-13-9-10-21(17(13)16)11-12-3-6-14(19)7-4-12/h3-10H,2,11H2,1H3. The topological polar surface area (TPSA) is 31.2 Å². The summed E-state index contributed by atoms with van der Waals surface area (Å²) < 4.78 is 21.0. The third-order valence-electron chi connectivity index (χ3n) is 3.63. The predicted molar refractivity (Wildman–Crippen MR) is 88.4 cm³/mol. The van der Waals surface area contributed by atoms with Gasteiger partial charge in [0.15, 0.2) is 0 Å². The van der Waals surface area contributed by atoms with Gasteiger partial charge in [-0.15, -0.1) is 0 Å². The summed E-state index contributed by atoms with van der Waals surface area (Å²) in [6, 6.07) is 12.2. The van der Waals surface area contributed by atoms with Crippen LogP contribution in [0.25, 0.3) is 10.9 Å². The number of benzene rings is 2. The number of ether oxygens (including phenoxy) is 1. The number of esters is 1. The molecule has 0 radical (unpaired) electrons. The van der Waals surface area contributed by atoms with Gasteiger partial charge in [-0.2, -0.15) is 0 Å². The number of hydrogen-bond donors (Lipinski definition) is 0. The van der Waals surface area contributed by atoms with Gasteiger partial charge in [-0.3, -0.25) is 0 Å². The maximum Gasteiger partial charge on any atom is 0.343 e. The summed E-state index contributed by atoms with van der Waals surface area (Å²) in [5.41, 5.74) is 1.52. The van der Waals surface area contributed by atoms with E-state index in [1.165, 1.54) is 6.07 Å². The van der Waals surface area contributed by atoms with Gasteiger partial charge >= 0.3 is 5.97 Å². The third-order valence-corrected chi connectivity index (χ3v) is 3.88. The van der Waals surface area contributed by atoms with Crippen molar-refractivity contribution in [2.75, 3.05) is 6.61 Å². The molecule has 2 aromatic carbocycles. The van der Waals surface area contributed by atoms with Crippen LogP contribution in [0.4, 0.5) is 4.39 Å². The Kier molecular flexibility index (Phi) is 4.35. The molecule has 1 aromatic heterocycles. The summed E-state index contributed by atoms with van der Waals surface area (Å²) in [6.45, 7) is 2.41. The number of carbonyl (C=O) groups is 1. The Morgan fingerprint density at radius 1 is 1.17 bits per heavy atom.